The lowest BCUT2D eigenvalue weighted by Crippen LogP contribution is -2.39. The minimum Gasteiger partial charge on any atom is -0.466 e. The van der Waals surface area contributed by atoms with Crippen LogP contribution in [0.1, 0.15) is 30.9 Å². The summed E-state index contributed by atoms with van der Waals surface area (Å²) in [6.45, 7) is 9.50. The van der Waals surface area contributed by atoms with Crippen molar-refractivity contribution in [1.29, 1.82) is 0 Å². The van der Waals surface area contributed by atoms with Crippen LogP contribution in [-0.4, -0.2) is 74.2 Å². The number of carbonyl (C=O) groups is 2. The smallest absolute Gasteiger partial charge is 0.307 e. The molecule has 28 heavy (non-hydrogen) atoms. The number of esters is 1. The first-order chi connectivity index (χ1) is 13.6. The van der Waals surface area contributed by atoms with Gasteiger partial charge < -0.3 is 14.4 Å². The van der Waals surface area contributed by atoms with Crippen LogP contribution in [0.5, 0.6) is 0 Å². The number of hydrogen-bond acceptors (Lipinski definition) is 5. The minimum atomic E-state index is -0.268. The fourth-order valence-electron chi connectivity index (χ4n) is 3.05. The number of nitrogens with zero attached hydrogens (tertiary/aromatic N) is 2. The van der Waals surface area contributed by atoms with E-state index in [-0.39, 0.29) is 18.3 Å². The lowest BCUT2D eigenvalue weighted by atomic mass is 10.1. The average molecular weight is 389 g/mol. The van der Waals surface area contributed by atoms with Gasteiger partial charge in [-0.3, -0.25) is 14.5 Å². The van der Waals surface area contributed by atoms with Crippen molar-refractivity contribution in [2.75, 3.05) is 52.5 Å². The van der Waals surface area contributed by atoms with E-state index >= 15 is 0 Å². The van der Waals surface area contributed by atoms with Gasteiger partial charge in [0.1, 0.15) is 0 Å². The SMILES string of the molecule is CCOC(=O)CCN(CCCN1CCOCC1)C(=O)/C=C/c1ccc(C)cc1. The third-order valence-corrected chi connectivity index (χ3v) is 4.70. The summed E-state index contributed by atoms with van der Waals surface area (Å²) in [6, 6.07) is 8.01. The first kappa shape index (κ1) is 22.1. The number of aryl methyl sites for hydroxylation is 1. The van der Waals surface area contributed by atoms with Gasteiger partial charge in [0.25, 0.3) is 0 Å². The Kier molecular flexibility index (Phi) is 9.72. The van der Waals surface area contributed by atoms with Gasteiger partial charge in [0.2, 0.25) is 5.91 Å². The van der Waals surface area contributed by atoms with Gasteiger partial charge in [0, 0.05) is 38.8 Å². The van der Waals surface area contributed by atoms with E-state index in [0.29, 0.717) is 19.7 Å². The highest BCUT2D eigenvalue weighted by atomic mass is 16.5. The summed E-state index contributed by atoms with van der Waals surface area (Å²) in [5, 5.41) is 0. The van der Waals surface area contributed by atoms with Crippen LogP contribution < -0.4 is 0 Å². The standard InChI is InChI=1S/C22H32N2O4/c1-3-28-22(26)11-14-24(13-4-12-23-15-17-27-18-16-23)21(25)10-9-20-7-5-19(2)6-8-20/h5-10H,3-4,11-18H2,1-2H3/b10-9+. The molecule has 0 aromatic heterocycles. The number of hydrogen-bond donors (Lipinski definition) is 0. The first-order valence-electron chi connectivity index (χ1n) is 10.1. The Balaban J connectivity index is 1.89. The van der Waals surface area contributed by atoms with Crippen molar-refractivity contribution in [3.8, 4) is 0 Å². The minimum absolute atomic E-state index is 0.0770. The Morgan fingerprint density at radius 1 is 1.18 bits per heavy atom. The van der Waals surface area contributed by atoms with Gasteiger partial charge in [-0.1, -0.05) is 29.8 Å². The summed E-state index contributed by atoms with van der Waals surface area (Å²) in [5.41, 5.74) is 2.17. The van der Waals surface area contributed by atoms with E-state index in [2.05, 4.69) is 4.90 Å². The van der Waals surface area contributed by atoms with E-state index in [1.54, 1.807) is 17.9 Å². The van der Waals surface area contributed by atoms with Crippen molar-refractivity contribution >= 4 is 18.0 Å². The second-order valence-corrected chi connectivity index (χ2v) is 6.93. The Morgan fingerprint density at radius 3 is 2.57 bits per heavy atom. The molecule has 154 valence electrons. The second-order valence-electron chi connectivity index (χ2n) is 6.93. The van der Waals surface area contributed by atoms with Crippen LogP contribution >= 0.6 is 0 Å². The fraction of sp³-hybridized carbons (Fsp3) is 0.545. The van der Waals surface area contributed by atoms with Crippen LogP contribution in [-0.2, 0) is 19.1 Å². The van der Waals surface area contributed by atoms with Crippen molar-refractivity contribution in [2.24, 2.45) is 0 Å². The van der Waals surface area contributed by atoms with Gasteiger partial charge in [0.05, 0.1) is 26.2 Å². The van der Waals surface area contributed by atoms with Crippen LogP contribution in [0, 0.1) is 6.92 Å². The number of ether oxygens (including phenoxy) is 2. The van der Waals surface area contributed by atoms with Crippen LogP contribution in [0.3, 0.4) is 0 Å². The number of carbonyl (C=O) groups excluding carboxylic acids is 2. The monoisotopic (exact) mass is 388 g/mol. The molecule has 1 heterocycles. The Labute approximate surface area is 168 Å². The van der Waals surface area contributed by atoms with Crippen LogP contribution in [0.4, 0.5) is 0 Å². The summed E-state index contributed by atoms with van der Waals surface area (Å²) in [7, 11) is 0. The molecule has 0 saturated carbocycles. The number of morpholine rings is 1. The average Bonchev–Trinajstić information content (AvgIpc) is 2.71. The maximum atomic E-state index is 12.7. The Bertz CT molecular complexity index is 636. The van der Waals surface area contributed by atoms with Crippen molar-refractivity contribution in [3.63, 3.8) is 0 Å². The number of amides is 1. The molecule has 0 radical (unpaired) electrons. The summed E-state index contributed by atoms with van der Waals surface area (Å²) in [5.74, 6) is -0.345. The maximum absolute atomic E-state index is 12.7. The van der Waals surface area contributed by atoms with Gasteiger partial charge in [-0.25, -0.2) is 0 Å². The third-order valence-electron chi connectivity index (χ3n) is 4.70. The molecule has 0 bridgehead atoms. The summed E-state index contributed by atoms with van der Waals surface area (Å²) >= 11 is 0. The molecule has 1 amide bonds. The molecule has 1 fully saturated rings. The molecule has 1 aliphatic rings. The maximum Gasteiger partial charge on any atom is 0.307 e. The van der Waals surface area contributed by atoms with Crippen LogP contribution in [0.2, 0.25) is 0 Å². The zero-order valence-electron chi connectivity index (χ0n) is 17.1. The van der Waals surface area contributed by atoms with E-state index in [1.165, 1.54) is 5.56 Å². The number of rotatable bonds is 10. The lowest BCUT2D eigenvalue weighted by Gasteiger charge is -2.28. The zero-order chi connectivity index (χ0) is 20.2. The summed E-state index contributed by atoms with van der Waals surface area (Å²) in [6.07, 6.45) is 4.49. The highest BCUT2D eigenvalue weighted by Crippen LogP contribution is 2.07. The molecule has 0 spiro atoms. The molecule has 1 aliphatic heterocycles. The van der Waals surface area contributed by atoms with Gasteiger partial charge >= 0.3 is 5.97 Å². The van der Waals surface area contributed by atoms with Crippen molar-refractivity contribution in [1.82, 2.24) is 9.80 Å². The molecular weight excluding hydrogens is 356 g/mol. The Morgan fingerprint density at radius 2 is 1.89 bits per heavy atom. The van der Waals surface area contributed by atoms with Crippen LogP contribution in [0.25, 0.3) is 6.08 Å². The van der Waals surface area contributed by atoms with E-state index in [9.17, 15) is 9.59 Å². The predicted octanol–water partition coefficient (Wildman–Crippen LogP) is 2.51. The summed E-state index contributed by atoms with van der Waals surface area (Å²) in [4.78, 5) is 28.5. The molecule has 0 aliphatic carbocycles. The van der Waals surface area contributed by atoms with Gasteiger partial charge in [-0.2, -0.15) is 0 Å². The molecule has 0 unspecified atom stereocenters. The molecule has 0 N–H and O–H groups in total. The highest BCUT2D eigenvalue weighted by molar-refractivity contribution is 5.92. The topological polar surface area (TPSA) is 59.1 Å². The molecule has 1 saturated heterocycles. The molecule has 6 nitrogen and oxygen atoms in total. The quantitative estimate of drug-likeness (QED) is 0.455. The Hall–Kier alpha value is -2.18. The molecule has 1 aromatic carbocycles. The summed E-state index contributed by atoms with van der Waals surface area (Å²) < 4.78 is 10.4. The molecule has 0 atom stereocenters. The van der Waals surface area contributed by atoms with E-state index in [1.807, 2.05) is 37.3 Å². The molecule has 1 aromatic rings. The van der Waals surface area contributed by atoms with Gasteiger partial charge in [-0.05, 0) is 31.9 Å². The third kappa shape index (κ3) is 8.23. The van der Waals surface area contributed by atoms with Gasteiger partial charge in [-0.15, -0.1) is 0 Å². The second kappa shape index (κ2) is 12.3. The molecule has 6 heteroatoms. The van der Waals surface area contributed by atoms with E-state index < -0.39 is 0 Å². The van der Waals surface area contributed by atoms with Crippen molar-refractivity contribution < 1.29 is 19.1 Å². The predicted molar refractivity (Wildman–Crippen MR) is 110 cm³/mol. The zero-order valence-corrected chi connectivity index (χ0v) is 17.1. The van der Waals surface area contributed by atoms with E-state index in [0.717, 1.165) is 44.8 Å². The van der Waals surface area contributed by atoms with Gasteiger partial charge in [0.15, 0.2) is 0 Å². The normalized spacial score (nSPS) is 14.9. The lowest BCUT2D eigenvalue weighted by molar-refractivity contribution is -0.143. The molecular formula is C22H32N2O4. The highest BCUT2D eigenvalue weighted by Gasteiger charge is 2.15. The number of benzene rings is 1. The van der Waals surface area contributed by atoms with Crippen molar-refractivity contribution in [2.45, 2.75) is 26.7 Å². The largest absolute Gasteiger partial charge is 0.466 e. The molecule has 2 rings (SSSR count). The fourth-order valence-corrected chi connectivity index (χ4v) is 3.05. The van der Waals surface area contributed by atoms with Crippen LogP contribution in [0.15, 0.2) is 30.3 Å². The van der Waals surface area contributed by atoms with E-state index in [4.69, 9.17) is 9.47 Å². The van der Waals surface area contributed by atoms with Crippen molar-refractivity contribution in [3.05, 3.63) is 41.5 Å². The first-order valence-corrected chi connectivity index (χ1v) is 10.1.